The van der Waals surface area contributed by atoms with Crippen molar-refractivity contribution in [2.24, 2.45) is 0 Å². The molecule has 0 atom stereocenters. The number of aromatic nitrogens is 1. The molecule has 1 N–H and O–H groups in total. The molecule has 29 heavy (non-hydrogen) atoms. The van der Waals surface area contributed by atoms with Crippen LogP contribution in [0.5, 0.6) is 5.75 Å². The first-order chi connectivity index (χ1) is 14.0. The van der Waals surface area contributed by atoms with Gasteiger partial charge in [-0.15, -0.1) is 0 Å². The van der Waals surface area contributed by atoms with Crippen LogP contribution in [0.3, 0.4) is 0 Å². The number of halogens is 2. The van der Waals surface area contributed by atoms with E-state index in [0.717, 1.165) is 5.56 Å². The molecular formula is C21H18ClFN2O4. The number of carbonyl (C=O) groups excluding carboxylic acids is 2. The number of benzene rings is 2. The first-order valence-corrected chi connectivity index (χ1v) is 9.25. The normalized spacial score (nSPS) is 10.6. The average Bonchev–Trinajstić information content (AvgIpc) is 2.71. The molecule has 3 aromatic rings. The lowest BCUT2D eigenvalue weighted by Crippen LogP contribution is -2.28. The van der Waals surface area contributed by atoms with Crippen molar-refractivity contribution >= 4 is 34.4 Å². The number of carbonyl (C=O) groups is 2. The molecule has 1 heterocycles. The van der Waals surface area contributed by atoms with Gasteiger partial charge >= 0.3 is 5.97 Å². The van der Waals surface area contributed by atoms with Gasteiger partial charge in [-0.3, -0.25) is 4.79 Å². The van der Waals surface area contributed by atoms with Gasteiger partial charge in [0.05, 0.1) is 12.1 Å². The van der Waals surface area contributed by atoms with E-state index in [4.69, 9.17) is 21.1 Å². The van der Waals surface area contributed by atoms with Gasteiger partial charge in [-0.2, -0.15) is 0 Å². The molecule has 0 radical (unpaired) electrons. The standard InChI is InChI=1S/C21H18ClFN2O4/c1-2-28-21(27)18-10-19(16-9-14(22)5-8-17(16)25-18)29-12-20(26)24-11-13-3-6-15(23)7-4-13/h3-10H,2,11-12H2,1H3,(H,24,26). The van der Waals surface area contributed by atoms with Crippen LogP contribution in [-0.4, -0.2) is 30.1 Å². The van der Waals surface area contributed by atoms with E-state index in [2.05, 4.69) is 10.3 Å². The van der Waals surface area contributed by atoms with Gasteiger partial charge in [-0.25, -0.2) is 14.2 Å². The van der Waals surface area contributed by atoms with Crippen molar-refractivity contribution < 1.29 is 23.5 Å². The van der Waals surface area contributed by atoms with Crippen molar-refractivity contribution in [3.63, 3.8) is 0 Å². The lowest BCUT2D eigenvalue weighted by atomic mass is 10.2. The molecule has 0 aliphatic carbocycles. The highest BCUT2D eigenvalue weighted by Gasteiger charge is 2.15. The van der Waals surface area contributed by atoms with Gasteiger partial charge in [0.15, 0.2) is 12.3 Å². The molecule has 0 spiro atoms. The summed E-state index contributed by atoms with van der Waals surface area (Å²) < 4.78 is 23.6. The van der Waals surface area contributed by atoms with Gasteiger partial charge < -0.3 is 14.8 Å². The molecule has 0 saturated carbocycles. The number of nitrogens with one attached hydrogen (secondary N) is 1. The van der Waals surface area contributed by atoms with Gasteiger partial charge in [0, 0.05) is 23.0 Å². The Bertz CT molecular complexity index is 1040. The van der Waals surface area contributed by atoms with Gasteiger partial charge in [-0.05, 0) is 42.8 Å². The van der Waals surface area contributed by atoms with E-state index >= 15 is 0 Å². The highest BCUT2D eigenvalue weighted by atomic mass is 35.5. The molecule has 0 aliphatic heterocycles. The number of nitrogens with zero attached hydrogens (tertiary/aromatic N) is 1. The van der Waals surface area contributed by atoms with Crippen LogP contribution in [0.15, 0.2) is 48.5 Å². The summed E-state index contributed by atoms with van der Waals surface area (Å²) in [7, 11) is 0. The minimum atomic E-state index is -0.588. The van der Waals surface area contributed by atoms with Crippen LogP contribution >= 0.6 is 11.6 Å². The maximum Gasteiger partial charge on any atom is 0.357 e. The van der Waals surface area contributed by atoms with Crippen LogP contribution in [0, 0.1) is 5.82 Å². The molecule has 0 saturated heterocycles. The zero-order chi connectivity index (χ0) is 20.8. The molecule has 1 amide bonds. The third-order valence-corrected chi connectivity index (χ3v) is 4.21. The van der Waals surface area contributed by atoms with E-state index in [1.165, 1.54) is 18.2 Å². The maximum atomic E-state index is 12.9. The summed E-state index contributed by atoms with van der Waals surface area (Å²) in [5, 5.41) is 3.72. The Hall–Kier alpha value is -3.19. The van der Waals surface area contributed by atoms with Crippen LogP contribution in [-0.2, 0) is 16.1 Å². The van der Waals surface area contributed by atoms with Crippen molar-refractivity contribution in [3.05, 3.63) is 70.6 Å². The third-order valence-electron chi connectivity index (χ3n) is 3.98. The van der Waals surface area contributed by atoms with Crippen LogP contribution in [0.25, 0.3) is 10.9 Å². The number of esters is 1. The number of pyridine rings is 1. The van der Waals surface area contributed by atoms with Crippen molar-refractivity contribution in [2.75, 3.05) is 13.2 Å². The Morgan fingerprint density at radius 3 is 2.62 bits per heavy atom. The highest BCUT2D eigenvalue weighted by Crippen LogP contribution is 2.28. The Labute approximate surface area is 171 Å². The average molecular weight is 417 g/mol. The predicted molar refractivity (Wildman–Crippen MR) is 106 cm³/mol. The molecule has 0 fully saturated rings. The first kappa shape index (κ1) is 20.5. The summed E-state index contributed by atoms with van der Waals surface area (Å²) in [6, 6.07) is 12.2. The number of amides is 1. The minimum absolute atomic E-state index is 0.0726. The zero-order valence-corrected chi connectivity index (χ0v) is 16.3. The topological polar surface area (TPSA) is 77.5 Å². The molecule has 0 bridgehead atoms. The summed E-state index contributed by atoms with van der Waals surface area (Å²) in [5.41, 5.74) is 1.32. The van der Waals surface area contributed by atoms with E-state index in [9.17, 15) is 14.0 Å². The molecule has 6 nitrogen and oxygen atoms in total. The summed E-state index contributed by atoms with van der Waals surface area (Å²) in [5.74, 6) is -1.02. The molecule has 0 unspecified atom stereocenters. The molecular weight excluding hydrogens is 399 g/mol. The molecule has 8 heteroatoms. The third kappa shape index (κ3) is 5.42. The summed E-state index contributed by atoms with van der Waals surface area (Å²) in [6.45, 7) is 1.86. The predicted octanol–water partition coefficient (Wildman–Crippen LogP) is 3.90. The summed E-state index contributed by atoms with van der Waals surface area (Å²) >= 11 is 6.05. The van der Waals surface area contributed by atoms with Crippen molar-refractivity contribution in [1.82, 2.24) is 10.3 Å². The quantitative estimate of drug-likeness (QED) is 0.591. The second-order valence-corrected chi connectivity index (χ2v) is 6.52. The largest absolute Gasteiger partial charge is 0.483 e. The second-order valence-electron chi connectivity index (χ2n) is 6.08. The molecule has 1 aromatic heterocycles. The molecule has 2 aromatic carbocycles. The monoisotopic (exact) mass is 416 g/mol. The SMILES string of the molecule is CCOC(=O)c1cc(OCC(=O)NCc2ccc(F)cc2)c2cc(Cl)ccc2n1. The molecule has 150 valence electrons. The van der Waals surface area contributed by atoms with Gasteiger partial charge in [-0.1, -0.05) is 23.7 Å². The van der Waals surface area contributed by atoms with E-state index < -0.39 is 5.97 Å². The van der Waals surface area contributed by atoms with Crippen molar-refractivity contribution in [3.8, 4) is 5.75 Å². The fraction of sp³-hybridized carbons (Fsp3) is 0.190. The Morgan fingerprint density at radius 1 is 1.14 bits per heavy atom. The number of rotatable bonds is 7. The number of hydrogen-bond donors (Lipinski definition) is 1. The minimum Gasteiger partial charge on any atom is -0.483 e. The summed E-state index contributed by atoms with van der Waals surface area (Å²) in [4.78, 5) is 28.5. The van der Waals surface area contributed by atoms with Crippen molar-refractivity contribution in [2.45, 2.75) is 13.5 Å². The maximum absolute atomic E-state index is 12.9. The Morgan fingerprint density at radius 2 is 1.90 bits per heavy atom. The van der Waals surface area contributed by atoms with Crippen molar-refractivity contribution in [1.29, 1.82) is 0 Å². The van der Waals surface area contributed by atoms with Crippen LogP contribution < -0.4 is 10.1 Å². The number of ether oxygens (including phenoxy) is 2. The second kappa shape index (κ2) is 9.34. The lowest BCUT2D eigenvalue weighted by Gasteiger charge is -2.12. The summed E-state index contributed by atoms with van der Waals surface area (Å²) in [6.07, 6.45) is 0. The number of hydrogen-bond acceptors (Lipinski definition) is 5. The Balaban J connectivity index is 1.73. The number of fused-ring (bicyclic) bond motifs is 1. The first-order valence-electron chi connectivity index (χ1n) is 8.87. The van der Waals surface area contributed by atoms with Gasteiger partial charge in [0.2, 0.25) is 0 Å². The Kier molecular flexibility index (Phi) is 6.61. The van der Waals surface area contributed by atoms with Crippen LogP contribution in [0.2, 0.25) is 5.02 Å². The lowest BCUT2D eigenvalue weighted by molar-refractivity contribution is -0.123. The molecule has 3 rings (SSSR count). The smallest absolute Gasteiger partial charge is 0.357 e. The van der Waals surface area contributed by atoms with Gasteiger partial charge in [0.25, 0.3) is 5.91 Å². The zero-order valence-electron chi connectivity index (χ0n) is 15.6. The highest BCUT2D eigenvalue weighted by molar-refractivity contribution is 6.31. The van der Waals surface area contributed by atoms with Gasteiger partial charge in [0.1, 0.15) is 11.6 Å². The fourth-order valence-corrected chi connectivity index (χ4v) is 2.77. The van der Waals surface area contributed by atoms with E-state index in [1.54, 1.807) is 37.3 Å². The van der Waals surface area contributed by atoms with Crippen LogP contribution in [0.1, 0.15) is 23.0 Å². The van der Waals surface area contributed by atoms with E-state index in [-0.39, 0.29) is 42.9 Å². The van der Waals surface area contributed by atoms with E-state index in [0.29, 0.717) is 15.9 Å². The van der Waals surface area contributed by atoms with E-state index in [1.807, 2.05) is 0 Å². The molecule has 0 aliphatic rings. The van der Waals surface area contributed by atoms with Crippen LogP contribution in [0.4, 0.5) is 4.39 Å². The fourth-order valence-electron chi connectivity index (χ4n) is 2.59.